The van der Waals surface area contributed by atoms with E-state index in [0.717, 1.165) is 30.9 Å². The van der Waals surface area contributed by atoms with Crippen molar-refractivity contribution in [2.45, 2.75) is 36.3 Å². The normalized spacial score (nSPS) is 17.5. The van der Waals surface area contributed by atoms with Gasteiger partial charge in [0.05, 0.1) is 23.3 Å². The Kier molecular flexibility index (Phi) is 7.25. The summed E-state index contributed by atoms with van der Waals surface area (Å²) in [5, 5.41) is 0.773. The van der Waals surface area contributed by atoms with Gasteiger partial charge in [-0.1, -0.05) is 37.1 Å². The number of carbonyl (C=O) groups is 1. The highest BCUT2D eigenvalue weighted by molar-refractivity contribution is 7.90. The van der Waals surface area contributed by atoms with Crippen molar-refractivity contribution in [2.75, 3.05) is 39.8 Å². The number of amides is 1. The Balaban J connectivity index is 1.29. The predicted octanol–water partition coefficient (Wildman–Crippen LogP) is 4.17. The van der Waals surface area contributed by atoms with Crippen LogP contribution in [0.2, 0.25) is 0 Å². The van der Waals surface area contributed by atoms with E-state index in [-0.39, 0.29) is 16.6 Å². The molecule has 190 valence electrons. The van der Waals surface area contributed by atoms with Crippen LogP contribution < -0.4 is 4.74 Å². The third-order valence-corrected chi connectivity index (χ3v) is 9.15. The van der Waals surface area contributed by atoms with Gasteiger partial charge in [-0.3, -0.25) is 14.7 Å². The smallest absolute Gasteiger partial charge is 0.254 e. The number of nitrogens with zero attached hydrogens (tertiary/aromatic N) is 3. The minimum Gasteiger partial charge on any atom is -0.496 e. The molecule has 5 rings (SSSR count). The molecular formula is C28H33N3O4S. The van der Waals surface area contributed by atoms with E-state index in [2.05, 4.69) is 9.88 Å². The molecule has 0 radical (unpaired) electrons. The number of piperazine rings is 1. The molecule has 0 spiro atoms. The molecule has 36 heavy (non-hydrogen) atoms. The van der Waals surface area contributed by atoms with Gasteiger partial charge < -0.3 is 9.64 Å². The van der Waals surface area contributed by atoms with E-state index in [4.69, 9.17) is 4.74 Å². The fourth-order valence-electron chi connectivity index (χ4n) is 5.48. The van der Waals surface area contributed by atoms with E-state index in [9.17, 15) is 13.2 Å². The van der Waals surface area contributed by atoms with E-state index in [1.165, 1.54) is 32.8 Å². The Morgan fingerprint density at radius 1 is 1.03 bits per heavy atom. The molecule has 0 N–H and O–H groups in total. The van der Waals surface area contributed by atoms with Crippen molar-refractivity contribution in [1.29, 1.82) is 0 Å². The minimum atomic E-state index is -3.69. The molecule has 1 aliphatic heterocycles. The van der Waals surface area contributed by atoms with Gasteiger partial charge in [-0.15, -0.1) is 0 Å². The molecule has 2 aliphatic rings. The number of sulfone groups is 1. The summed E-state index contributed by atoms with van der Waals surface area (Å²) in [5.41, 5.74) is 1.49. The predicted molar refractivity (Wildman–Crippen MR) is 140 cm³/mol. The fourth-order valence-corrected chi connectivity index (χ4v) is 7.04. The first-order valence-corrected chi connectivity index (χ1v) is 14.3. The number of pyridine rings is 1. The number of methoxy groups -OCH3 is 1. The van der Waals surface area contributed by atoms with Gasteiger partial charge in [0.2, 0.25) is 0 Å². The molecular weight excluding hydrogens is 474 g/mol. The van der Waals surface area contributed by atoms with Crippen molar-refractivity contribution in [3.05, 3.63) is 65.9 Å². The van der Waals surface area contributed by atoms with E-state index >= 15 is 0 Å². The van der Waals surface area contributed by atoms with Crippen molar-refractivity contribution in [2.24, 2.45) is 5.92 Å². The standard InChI is InChI=1S/C28H33N3O4S/c1-35-25-18-23(28(32)31-16-14-30(15-17-31)19-21-6-2-3-7-21)11-12-24(25)20-36(33,34)26-10-4-8-22-9-5-13-29-27(22)26/h4-5,8-13,18,21H,2-3,6-7,14-17,19-20H2,1H3. The maximum atomic E-state index is 13.3. The number of fused-ring (bicyclic) bond motifs is 1. The highest BCUT2D eigenvalue weighted by Crippen LogP contribution is 2.29. The van der Waals surface area contributed by atoms with Crippen molar-refractivity contribution in [3.8, 4) is 5.75 Å². The Bertz CT molecular complexity index is 1340. The van der Waals surface area contributed by atoms with Crippen LogP contribution in [0, 0.1) is 5.92 Å². The molecule has 7 nitrogen and oxygen atoms in total. The quantitative estimate of drug-likeness (QED) is 0.478. The van der Waals surface area contributed by atoms with Gasteiger partial charge in [-0.25, -0.2) is 8.42 Å². The zero-order valence-corrected chi connectivity index (χ0v) is 21.5. The van der Waals surface area contributed by atoms with Crippen LogP contribution in [0.25, 0.3) is 10.9 Å². The monoisotopic (exact) mass is 507 g/mol. The van der Waals surface area contributed by atoms with Gasteiger partial charge in [-0.05, 0) is 43.0 Å². The van der Waals surface area contributed by atoms with E-state index in [1.54, 1.807) is 42.6 Å². The molecule has 2 heterocycles. The molecule has 0 bridgehead atoms. The molecule has 1 amide bonds. The molecule has 1 aromatic heterocycles. The number of hydrogen-bond acceptors (Lipinski definition) is 6. The zero-order chi connectivity index (χ0) is 25.1. The molecule has 2 aromatic carbocycles. The van der Waals surface area contributed by atoms with Crippen LogP contribution in [0.5, 0.6) is 5.75 Å². The molecule has 1 aliphatic carbocycles. The lowest BCUT2D eigenvalue weighted by Crippen LogP contribution is -2.49. The number of ether oxygens (including phenoxy) is 1. The number of hydrogen-bond donors (Lipinski definition) is 0. The van der Waals surface area contributed by atoms with Gasteiger partial charge in [0, 0.05) is 55.4 Å². The van der Waals surface area contributed by atoms with Crippen molar-refractivity contribution >= 4 is 26.6 Å². The second-order valence-electron chi connectivity index (χ2n) is 9.86. The summed E-state index contributed by atoms with van der Waals surface area (Å²) in [6.45, 7) is 4.35. The van der Waals surface area contributed by atoms with E-state index < -0.39 is 9.84 Å². The Morgan fingerprint density at radius 2 is 1.78 bits per heavy atom. The molecule has 8 heteroatoms. The summed E-state index contributed by atoms with van der Waals surface area (Å²) in [6, 6.07) is 13.9. The highest BCUT2D eigenvalue weighted by Gasteiger charge is 2.26. The average molecular weight is 508 g/mol. The summed E-state index contributed by atoms with van der Waals surface area (Å²) < 4.78 is 32.2. The third kappa shape index (κ3) is 5.25. The van der Waals surface area contributed by atoms with Gasteiger partial charge in [0.15, 0.2) is 9.84 Å². The van der Waals surface area contributed by atoms with Crippen molar-refractivity contribution in [1.82, 2.24) is 14.8 Å². The summed E-state index contributed by atoms with van der Waals surface area (Å²) in [4.78, 5) is 22.1. The molecule has 1 saturated heterocycles. The summed E-state index contributed by atoms with van der Waals surface area (Å²) >= 11 is 0. The van der Waals surface area contributed by atoms with Gasteiger partial charge in [0.25, 0.3) is 5.91 Å². The number of rotatable bonds is 7. The van der Waals surface area contributed by atoms with Crippen LogP contribution in [0.1, 0.15) is 41.6 Å². The molecule has 1 saturated carbocycles. The summed E-state index contributed by atoms with van der Waals surface area (Å²) in [6.07, 6.45) is 6.95. The largest absolute Gasteiger partial charge is 0.496 e. The van der Waals surface area contributed by atoms with E-state index in [0.29, 0.717) is 35.5 Å². The van der Waals surface area contributed by atoms with Crippen LogP contribution in [-0.2, 0) is 15.6 Å². The minimum absolute atomic E-state index is 0.0403. The Hall–Kier alpha value is -2.97. The maximum Gasteiger partial charge on any atom is 0.254 e. The number of carbonyl (C=O) groups excluding carboxylic acids is 1. The third-order valence-electron chi connectivity index (χ3n) is 7.46. The van der Waals surface area contributed by atoms with Crippen molar-refractivity contribution < 1.29 is 17.9 Å². The lowest BCUT2D eigenvalue weighted by atomic mass is 10.1. The number of aromatic nitrogens is 1. The molecule has 3 aromatic rings. The van der Waals surface area contributed by atoms with Gasteiger partial charge >= 0.3 is 0 Å². The molecule has 0 atom stereocenters. The lowest BCUT2D eigenvalue weighted by molar-refractivity contribution is 0.0617. The van der Waals surface area contributed by atoms with E-state index in [1.807, 2.05) is 17.0 Å². The Labute approximate surface area is 213 Å². The SMILES string of the molecule is COc1cc(C(=O)N2CCN(CC3CCCC3)CC2)ccc1CS(=O)(=O)c1cccc2cccnc12. The fraction of sp³-hybridized carbons (Fsp3) is 0.429. The van der Waals surface area contributed by atoms with Crippen LogP contribution in [0.4, 0.5) is 0 Å². The summed E-state index contributed by atoms with van der Waals surface area (Å²) in [7, 11) is -2.18. The van der Waals surface area contributed by atoms with Crippen LogP contribution in [-0.4, -0.2) is 68.9 Å². The van der Waals surface area contributed by atoms with Crippen LogP contribution >= 0.6 is 0 Å². The Morgan fingerprint density at radius 3 is 2.53 bits per heavy atom. The first-order valence-electron chi connectivity index (χ1n) is 12.7. The average Bonchev–Trinajstić information content (AvgIpc) is 3.41. The maximum absolute atomic E-state index is 13.3. The van der Waals surface area contributed by atoms with Gasteiger partial charge in [-0.2, -0.15) is 0 Å². The zero-order valence-electron chi connectivity index (χ0n) is 20.7. The lowest BCUT2D eigenvalue weighted by Gasteiger charge is -2.36. The second kappa shape index (κ2) is 10.6. The topological polar surface area (TPSA) is 79.8 Å². The molecule has 0 unspecified atom stereocenters. The van der Waals surface area contributed by atoms with Crippen molar-refractivity contribution in [3.63, 3.8) is 0 Å². The highest BCUT2D eigenvalue weighted by atomic mass is 32.2. The first kappa shape index (κ1) is 24.7. The second-order valence-corrected chi connectivity index (χ2v) is 11.8. The first-order chi connectivity index (χ1) is 17.4. The summed E-state index contributed by atoms with van der Waals surface area (Å²) in [5.74, 6) is 0.934. The van der Waals surface area contributed by atoms with Crippen LogP contribution in [0.3, 0.4) is 0 Å². The number of benzene rings is 2. The van der Waals surface area contributed by atoms with Gasteiger partial charge in [0.1, 0.15) is 5.75 Å². The van der Waals surface area contributed by atoms with Crippen LogP contribution in [0.15, 0.2) is 59.6 Å². The number of para-hydroxylation sites is 1. The molecule has 2 fully saturated rings.